The minimum Gasteiger partial charge on any atom is -0.483 e. The van der Waals surface area contributed by atoms with Crippen molar-refractivity contribution in [2.45, 2.75) is 32.7 Å². The van der Waals surface area contributed by atoms with Gasteiger partial charge in [-0.05, 0) is 37.8 Å². The third-order valence-electron chi connectivity index (χ3n) is 4.59. The molecule has 10 nitrogen and oxygen atoms in total. The zero-order valence-electron chi connectivity index (χ0n) is 15.6. The molecule has 3 aromatic heterocycles. The first-order chi connectivity index (χ1) is 13.5. The quantitative estimate of drug-likeness (QED) is 0.570. The molecule has 28 heavy (non-hydrogen) atoms. The van der Waals surface area contributed by atoms with Crippen LogP contribution in [-0.4, -0.2) is 49.2 Å². The fraction of sp³-hybridized carbons (Fsp3) is 0.389. The van der Waals surface area contributed by atoms with E-state index in [4.69, 9.17) is 15.6 Å². The van der Waals surface area contributed by atoms with Crippen molar-refractivity contribution in [1.82, 2.24) is 24.5 Å². The number of piperidine rings is 1. The number of hydrogen-bond acceptors (Lipinski definition) is 7. The van der Waals surface area contributed by atoms with Crippen molar-refractivity contribution in [2.75, 3.05) is 23.7 Å². The molecule has 1 fully saturated rings. The second-order valence-corrected chi connectivity index (χ2v) is 6.55. The minimum atomic E-state index is -0.250. The molecule has 4 heterocycles. The number of hydrogen-bond donors (Lipinski definition) is 3. The number of nitrogen functional groups attached to an aromatic ring is 1. The van der Waals surface area contributed by atoms with Gasteiger partial charge in [0.1, 0.15) is 17.2 Å². The Kier molecular flexibility index (Phi) is 5.87. The molecule has 0 bridgehead atoms. The number of aromatic nitrogens is 5. The summed E-state index contributed by atoms with van der Waals surface area (Å²) in [5.41, 5.74) is 7.58. The van der Waals surface area contributed by atoms with Crippen LogP contribution in [0.3, 0.4) is 0 Å². The number of anilines is 2. The van der Waals surface area contributed by atoms with Crippen LogP contribution in [0.15, 0.2) is 23.1 Å². The van der Waals surface area contributed by atoms with Gasteiger partial charge in [-0.25, -0.2) is 19.7 Å². The number of aryl methyl sites for hydroxylation is 1. The Bertz CT molecular complexity index is 1000. The largest absolute Gasteiger partial charge is 0.483 e. The second-order valence-electron chi connectivity index (χ2n) is 6.55. The summed E-state index contributed by atoms with van der Waals surface area (Å²) in [7, 11) is 0. The Labute approximate surface area is 161 Å². The van der Waals surface area contributed by atoms with Crippen LogP contribution in [0.4, 0.5) is 11.6 Å². The van der Waals surface area contributed by atoms with E-state index in [0.29, 0.717) is 23.5 Å². The van der Waals surface area contributed by atoms with Gasteiger partial charge in [-0.3, -0.25) is 9.36 Å². The maximum absolute atomic E-state index is 12.3. The lowest BCUT2D eigenvalue weighted by atomic mass is 10.1. The predicted molar refractivity (Wildman–Crippen MR) is 105 cm³/mol. The highest BCUT2D eigenvalue weighted by atomic mass is 16.3. The van der Waals surface area contributed by atoms with Crippen LogP contribution in [0.1, 0.15) is 30.7 Å². The topological polar surface area (TPSA) is 143 Å². The average molecular weight is 385 g/mol. The van der Waals surface area contributed by atoms with Crippen LogP contribution in [0, 0.1) is 6.92 Å². The molecule has 0 unspecified atom stereocenters. The molecule has 1 saturated heterocycles. The van der Waals surface area contributed by atoms with Gasteiger partial charge in [-0.15, -0.1) is 0 Å². The molecule has 0 spiro atoms. The van der Waals surface area contributed by atoms with Crippen LogP contribution >= 0.6 is 0 Å². The van der Waals surface area contributed by atoms with E-state index in [2.05, 4.69) is 24.8 Å². The molecule has 0 aliphatic carbocycles. The second kappa shape index (κ2) is 8.51. The molecule has 0 aromatic carbocycles. The van der Waals surface area contributed by atoms with Crippen molar-refractivity contribution in [3.05, 3.63) is 40.2 Å². The van der Waals surface area contributed by atoms with E-state index in [-0.39, 0.29) is 18.0 Å². The predicted octanol–water partition coefficient (Wildman–Crippen LogP) is 1.14. The normalized spacial score (nSPS) is 13.8. The number of imidazole rings is 1. The van der Waals surface area contributed by atoms with E-state index in [0.717, 1.165) is 24.5 Å². The first kappa shape index (κ1) is 19.3. The van der Waals surface area contributed by atoms with Crippen molar-refractivity contribution >= 4 is 29.3 Å². The number of nitrogens with zero attached hydrogens (tertiary/aromatic N) is 5. The van der Waals surface area contributed by atoms with E-state index in [1.54, 1.807) is 11.5 Å². The standard InChI is InChI=1S/C17H21N7O.CH2O2/c1-11-20-15(18)14-16(21-11)24(17(25)22-14)10-12-5-6-13(19-9-12)23-7-3-2-4-8-23;2-1-3/h5-6,9H,2-4,7-8,10H2,1H3,(H,22,25)(H2,18,20,21);1H,(H,2,3). The molecule has 1 aliphatic rings. The fourth-order valence-corrected chi connectivity index (χ4v) is 3.31. The molecule has 0 amide bonds. The van der Waals surface area contributed by atoms with Gasteiger partial charge in [0, 0.05) is 19.3 Å². The van der Waals surface area contributed by atoms with Crippen LogP contribution in [0.25, 0.3) is 11.2 Å². The zero-order valence-corrected chi connectivity index (χ0v) is 15.6. The molecule has 0 atom stereocenters. The average Bonchev–Trinajstić information content (AvgIpc) is 3.00. The monoisotopic (exact) mass is 385 g/mol. The summed E-state index contributed by atoms with van der Waals surface area (Å²) in [6.45, 7) is 4.02. The summed E-state index contributed by atoms with van der Waals surface area (Å²) in [6, 6.07) is 4.04. The van der Waals surface area contributed by atoms with E-state index in [9.17, 15) is 4.79 Å². The summed E-state index contributed by atoms with van der Waals surface area (Å²) in [6.07, 6.45) is 5.55. The highest BCUT2D eigenvalue weighted by Crippen LogP contribution is 2.19. The van der Waals surface area contributed by atoms with Gasteiger partial charge in [-0.2, -0.15) is 0 Å². The molecule has 0 radical (unpaired) electrons. The van der Waals surface area contributed by atoms with Crippen molar-refractivity contribution in [1.29, 1.82) is 0 Å². The van der Waals surface area contributed by atoms with Gasteiger partial charge in [0.2, 0.25) is 0 Å². The Hall–Kier alpha value is -3.43. The lowest BCUT2D eigenvalue weighted by Gasteiger charge is -2.27. The lowest BCUT2D eigenvalue weighted by molar-refractivity contribution is -0.122. The van der Waals surface area contributed by atoms with E-state index >= 15 is 0 Å². The maximum atomic E-state index is 12.3. The Balaban J connectivity index is 0.000000706. The molecule has 148 valence electrons. The fourth-order valence-electron chi connectivity index (χ4n) is 3.31. The minimum absolute atomic E-state index is 0.248. The molecular weight excluding hydrogens is 362 g/mol. The summed E-state index contributed by atoms with van der Waals surface area (Å²) in [4.78, 5) is 38.7. The molecule has 1 aliphatic heterocycles. The molecule has 10 heteroatoms. The number of pyridine rings is 1. The van der Waals surface area contributed by atoms with E-state index in [1.807, 2.05) is 18.3 Å². The van der Waals surface area contributed by atoms with Gasteiger partial charge in [-0.1, -0.05) is 6.07 Å². The lowest BCUT2D eigenvalue weighted by Crippen LogP contribution is -2.30. The van der Waals surface area contributed by atoms with E-state index < -0.39 is 0 Å². The smallest absolute Gasteiger partial charge is 0.328 e. The Morgan fingerprint density at radius 1 is 1.25 bits per heavy atom. The third kappa shape index (κ3) is 4.11. The summed E-state index contributed by atoms with van der Waals surface area (Å²) in [5, 5.41) is 6.89. The van der Waals surface area contributed by atoms with Crippen LogP contribution < -0.4 is 16.3 Å². The van der Waals surface area contributed by atoms with Gasteiger partial charge in [0.05, 0.1) is 6.54 Å². The summed E-state index contributed by atoms with van der Waals surface area (Å²) >= 11 is 0. The maximum Gasteiger partial charge on any atom is 0.328 e. The SMILES string of the molecule is Cc1nc(N)c2[nH]c(=O)n(Cc3ccc(N4CCCCC4)nc3)c2n1.O=CO. The Morgan fingerprint density at radius 2 is 1.96 bits per heavy atom. The molecule has 3 aromatic rings. The number of aromatic amines is 1. The highest BCUT2D eigenvalue weighted by Gasteiger charge is 2.14. The van der Waals surface area contributed by atoms with Crippen LogP contribution in [0.2, 0.25) is 0 Å². The van der Waals surface area contributed by atoms with Gasteiger partial charge < -0.3 is 20.7 Å². The summed E-state index contributed by atoms with van der Waals surface area (Å²) < 4.78 is 1.57. The number of carbonyl (C=O) groups is 1. The van der Waals surface area contributed by atoms with Crippen molar-refractivity contribution in [2.24, 2.45) is 0 Å². The van der Waals surface area contributed by atoms with Gasteiger partial charge >= 0.3 is 5.69 Å². The molecule has 0 saturated carbocycles. The Morgan fingerprint density at radius 3 is 2.61 bits per heavy atom. The number of fused-ring (bicyclic) bond motifs is 1. The van der Waals surface area contributed by atoms with Crippen molar-refractivity contribution in [3.63, 3.8) is 0 Å². The van der Waals surface area contributed by atoms with Crippen molar-refractivity contribution < 1.29 is 9.90 Å². The van der Waals surface area contributed by atoms with Crippen molar-refractivity contribution in [3.8, 4) is 0 Å². The number of carboxylic acid groups (broad SMARTS) is 1. The molecular formula is C18H23N7O3. The molecule has 4 N–H and O–H groups in total. The van der Waals surface area contributed by atoms with Gasteiger partial charge in [0.15, 0.2) is 11.5 Å². The van der Waals surface area contributed by atoms with E-state index in [1.165, 1.54) is 19.3 Å². The third-order valence-corrected chi connectivity index (χ3v) is 4.59. The van der Waals surface area contributed by atoms with Crippen LogP contribution in [-0.2, 0) is 11.3 Å². The highest BCUT2D eigenvalue weighted by molar-refractivity contribution is 5.81. The zero-order chi connectivity index (χ0) is 20.1. The molecule has 4 rings (SSSR count). The number of nitrogens with two attached hydrogens (primary N) is 1. The first-order valence-corrected chi connectivity index (χ1v) is 9.04. The summed E-state index contributed by atoms with van der Waals surface area (Å²) in [5.74, 6) is 1.82. The number of nitrogens with one attached hydrogen (secondary N) is 1. The van der Waals surface area contributed by atoms with Gasteiger partial charge in [0.25, 0.3) is 6.47 Å². The number of H-pyrrole nitrogens is 1. The first-order valence-electron chi connectivity index (χ1n) is 9.04. The van der Waals surface area contributed by atoms with Crippen LogP contribution in [0.5, 0.6) is 0 Å². The number of rotatable bonds is 3.